The van der Waals surface area contributed by atoms with Crippen molar-refractivity contribution in [2.75, 3.05) is 18.1 Å². The lowest BCUT2D eigenvalue weighted by Gasteiger charge is -2.24. The Kier molecular flexibility index (Phi) is 2.46. The molecule has 1 unspecified atom stereocenters. The molecule has 0 bridgehead atoms. The van der Waals surface area contributed by atoms with Crippen molar-refractivity contribution in [3.63, 3.8) is 0 Å². The summed E-state index contributed by atoms with van der Waals surface area (Å²) in [5.74, 6) is 0.300. The largest absolute Gasteiger partial charge is 0.396 e. The van der Waals surface area contributed by atoms with Gasteiger partial charge >= 0.3 is 0 Å². The second-order valence-corrected chi connectivity index (χ2v) is 4.18. The molecule has 2 nitrogen and oxygen atoms in total. The van der Waals surface area contributed by atoms with Gasteiger partial charge in [-0.05, 0) is 25.5 Å². The van der Waals surface area contributed by atoms with Crippen molar-refractivity contribution in [2.24, 2.45) is 0 Å². The van der Waals surface area contributed by atoms with Crippen molar-refractivity contribution in [1.29, 1.82) is 0 Å². The maximum absolute atomic E-state index is 9.29. The summed E-state index contributed by atoms with van der Waals surface area (Å²) in [6, 6.07) is 8.88. The van der Waals surface area contributed by atoms with Gasteiger partial charge in [0.05, 0.1) is 6.61 Å². The van der Waals surface area contributed by atoms with Crippen molar-refractivity contribution in [3.05, 3.63) is 29.8 Å². The van der Waals surface area contributed by atoms with E-state index in [1.54, 1.807) is 0 Å². The molecule has 14 heavy (non-hydrogen) atoms. The van der Waals surface area contributed by atoms with Crippen LogP contribution >= 0.6 is 0 Å². The molecule has 0 fully saturated rings. The van der Waals surface area contributed by atoms with Crippen LogP contribution in [-0.2, 0) is 0 Å². The minimum Gasteiger partial charge on any atom is -0.396 e. The first-order chi connectivity index (χ1) is 6.74. The summed E-state index contributed by atoms with van der Waals surface area (Å²) in [6.45, 7) is 5.58. The van der Waals surface area contributed by atoms with E-state index in [0.717, 1.165) is 6.54 Å². The number of para-hydroxylation sites is 1. The van der Waals surface area contributed by atoms with Crippen LogP contribution in [0.15, 0.2) is 24.3 Å². The average molecular weight is 191 g/mol. The van der Waals surface area contributed by atoms with E-state index in [4.69, 9.17) is 0 Å². The molecule has 76 valence electrons. The molecule has 2 rings (SSSR count). The van der Waals surface area contributed by atoms with Gasteiger partial charge in [0.1, 0.15) is 0 Å². The number of hydrogen-bond acceptors (Lipinski definition) is 2. The lowest BCUT2D eigenvalue weighted by Crippen LogP contribution is -2.29. The van der Waals surface area contributed by atoms with Crippen molar-refractivity contribution < 1.29 is 5.11 Å². The summed E-state index contributed by atoms with van der Waals surface area (Å²) in [4.78, 5) is 2.36. The number of aliphatic hydroxyl groups excluding tert-OH is 1. The first-order valence-electron chi connectivity index (χ1n) is 5.20. The topological polar surface area (TPSA) is 23.5 Å². The van der Waals surface area contributed by atoms with Crippen molar-refractivity contribution in [2.45, 2.75) is 25.8 Å². The van der Waals surface area contributed by atoms with Gasteiger partial charge in [-0.25, -0.2) is 0 Å². The predicted octanol–water partition coefficient (Wildman–Crippen LogP) is 1.99. The van der Waals surface area contributed by atoms with Crippen LogP contribution in [0, 0.1) is 0 Å². The number of fused-ring (bicyclic) bond motifs is 1. The zero-order valence-electron chi connectivity index (χ0n) is 8.77. The quantitative estimate of drug-likeness (QED) is 0.772. The van der Waals surface area contributed by atoms with Gasteiger partial charge in [0.15, 0.2) is 0 Å². The predicted molar refractivity (Wildman–Crippen MR) is 58.8 cm³/mol. The van der Waals surface area contributed by atoms with Gasteiger partial charge in [-0.15, -0.1) is 0 Å². The molecule has 1 aliphatic heterocycles. The number of anilines is 1. The molecule has 0 aromatic heterocycles. The van der Waals surface area contributed by atoms with E-state index in [2.05, 4.69) is 36.9 Å². The van der Waals surface area contributed by atoms with Crippen LogP contribution in [0.4, 0.5) is 5.69 Å². The van der Waals surface area contributed by atoms with Crippen LogP contribution < -0.4 is 4.90 Å². The van der Waals surface area contributed by atoms with Crippen LogP contribution in [-0.4, -0.2) is 24.3 Å². The maximum Gasteiger partial charge on any atom is 0.0517 e. The van der Waals surface area contributed by atoms with Crippen molar-refractivity contribution in [1.82, 2.24) is 0 Å². The van der Waals surface area contributed by atoms with E-state index in [9.17, 15) is 5.11 Å². The van der Waals surface area contributed by atoms with Gasteiger partial charge < -0.3 is 10.0 Å². The first kappa shape index (κ1) is 9.53. The molecule has 1 aromatic rings. The summed E-state index contributed by atoms with van der Waals surface area (Å²) >= 11 is 0. The van der Waals surface area contributed by atoms with Crippen LogP contribution in [0.2, 0.25) is 0 Å². The summed E-state index contributed by atoms with van der Waals surface area (Å²) in [7, 11) is 0. The van der Waals surface area contributed by atoms with E-state index in [1.165, 1.54) is 11.3 Å². The van der Waals surface area contributed by atoms with Crippen molar-refractivity contribution in [3.8, 4) is 0 Å². The van der Waals surface area contributed by atoms with Gasteiger partial charge in [-0.2, -0.15) is 0 Å². The highest BCUT2D eigenvalue weighted by atomic mass is 16.3. The fraction of sp³-hybridized carbons (Fsp3) is 0.500. The third-order valence-corrected chi connectivity index (χ3v) is 2.95. The minimum absolute atomic E-state index is 0.250. The summed E-state index contributed by atoms with van der Waals surface area (Å²) in [6.07, 6.45) is 0. The fourth-order valence-corrected chi connectivity index (χ4v) is 2.17. The highest BCUT2D eigenvalue weighted by Crippen LogP contribution is 2.36. The van der Waals surface area contributed by atoms with Gasteiger partial charge in [-0.1, -0.05) is 18.2 Å². The second-order valence-electron chi connectivity index (χ2n) is 4.18. The Hall–Kier alpha value is -1.02. The molecule has 0 amide bonds. The highest BCUT2D eigenvalue weighted by molar-refractivity contribution is 5.60. The molecular formula is C12H17NO. The number of benzene rings is 1. The first-order valence-corrected chi connectivity index (χ1v) is 5.20. The maximum atomic E-state index is 9.29. The summed E-state index contributed by atoms with van der Waals surface area (Å²) in [5, 5.41) is 9.29. The number of hydrogen-bond donors (Lipinski definition) is 1. The minimum atomic E-state index is 0.250. The van der Waals surface area contributed by atoms with Crippen LogP contribution in [0.1, 0.15) is 25.3 Å². The van der Waals surface area contributed by atoms with Gasteiger partial charge in [-0.3, -0.25) is 0 Å². The van der Waals surface area contributed by atoms with Crippen LogP contribution in [0.5, 0.6) is 0 Å². The van der Waals surface area contributed by atoms with Crippen LogP contribution in [0.3, 0.4) is 0 Å². The molecule has 0 aliphatic carbocycles. The molecule has 1 heterocycles. The molecule has 0 saturated heterocycles. The lowest BCUT2D eigenvalue weighted by atomic mass is 10.0. The number of nitrogens with zero attached hydrogens (tertiary/aromatic N) is 1. The Morgan fingerprint density at radius 1 is 1.43 bits per heavy atom. The highest BCUT2D eigenvalue weighted by Gasteiger charge is 2.28. The van der Waals surface area contributed by atoms with E-state index < -0.39 is 0 Å². The Morgan fingerprint density at radius 2 is 2.14 bits per heavy atom. The van der Waals surface area contributed by atoms with Crippen molar-refractivity contribution >= 4 is 5.69 Å². The Balaban J connectivity index is 2.38. The normalized spacial score (nSPS) is 20.3. The Bertz CT molecular complexity index is 322. The molecule has 0 spiro atoms. The fourth-order valence-electron chi connectivity index (χ4n) is 2.17. The average Bonchev–Trinajstić information content (AvgIpc) is 2.56. The van der Waals surface area contributed by atoms with E-state index in [0.29, 0.717) is 12.0 Å². The molecular weight excluding hydrogens is 174 g/mol. The molecule has 1 aliphatic rings. The smallest absolute Gasteiger partial charge is 0.0517 e. The molecule has 2 heteroatoms. The molecule has 0 radical (unpaired) electrons. The Morgan fingerprint density at radius 3 is 2.79 bits per heavy atom. The monoisotopic (exact) mass is 191 g/mol. The lowest BCUT2D eigenvalue weighted by molar-refractivity contribution is 0.270. The molecule has 0 saturated carbocycles. The van der Waals surface area contributed by atoms with Gasteiger partial charge in [0.25, 0.3) is 0 Å². The third kappa shape index (κ3) is 1.40. The zero-order valence-corrected chi connectivity index (χ0v) is 8.77. The number of rotatable bonds is 2. The number of aliphatic hydroxyl groups is 1. The van der Waals surface area contributed by atoms with E-state index in [-0.39, 0.29) is 6.61 Å². The molecule has 1 atom stereocenters. The van der Waals surface area contributed by atoms with E-state index in [1.807, 2.05) is 6.07 Å². The third-order valence-electron chi connectivity index (χ3n) is 2.95. The summed E-state index contributed by atoms with van der Waals surface area (Å²) in [5.41, 5.74) is 2.59. The SMILES string of the molecule is CC(C)N1CC(CO)c2ccccc21. The van der Waals surface area contributed by atoms with Crippen LogP contribution in [0.25, 0.3) is 0 Å². The molecule has 1 N–H and O–H groups in total. The van der Waals surface area contributed by atoms with Gasteiger partial charge in [0.2, 0.25) is 0 Å². The molecule has 1 aromatic carbocycles. The standard InChI is InChI=1S/C12H17NO/c1-9(2)13-7-10(8-14)11-5-3-4-6-12(11)13/h3-6,9-10,14H,7-8H2,1-2H3. The summed E-state index contributed by atoms with van der Waals surface area (Å²) < 4.78 is 0. The van der Waals surface area contributed by atoms with E-state index >= 15 is 0 Å². The second kappa shape index (κ2) is 3.62. The van der Waals surface area contributed by atoms with Gasteiger partial charge in [0, 0.05) is 24.2 Å². The Labute approximate surface area is 85.2 Å². The zero-order chi connectivity index (χ0) is 10.1.